The average Bonchev–Trinajstić information content (AvgIpc) is 3.82. The molecule has 0 aliphatic rings. The number of rotatable bonds is 8. The van der Waals surface area contributed by atoms with Crippen molar-refractivity contribution in [2.75, 3.05) is 4.90 Å². The molecule has 68 heavy (non-hydrogen) atoms. The second-order valence-electron chi connectivity index (χ2n) is 17.7. The first-order valence-electron chi connectivity index (χ1n) is 23.3. The molecule has 0 spiro atoms. The number of fused-ring (bicyclic) bond motifs is 7. The van der Waals surface area contributed by atoms with Gasteiger partial charge in [-0.2, -0.15) is 0 Å². The van der Waals surface area contributed by atoms with E-state index in [9.17, 15) is 0 Å². The molecule has 12 aromatic carbocycles. The van der Waals surface area contributed by atoms with E-state index in [4.69, 9.17) is 4.42 Å². The topological polar surface area (TPSA) is 16.4 Å². The van der Waals surface area contributed by atoms with E-state index in [1.165, 1.54) is 54.6 Å². The Morgan fingerprint density at radius 1 is 0.250 bits per heavy atom. The summed E-state index contributed by atoms with van der Waals surface area (Å²) in [5.74, 6) is 0. The van der Waals surface area contributed by atoms with Crippen LogP contribution in [0, 0.1) is 0 Å². The van der Waals surface area contributed by atoms with E-state index in [0.717, 1.165) is 72.4 Å². The van der Waals surface area contributed by atoms with Crippen molar-refractivity contribution >= 4 is 71.3 Å². The lowest BCUT2D eigenvalue weighted by molar-refractivity contribution is 0.670. The van der Waals surface area contributed by atoms with E-state index in [0.29, 0.717) is 0 Å². The van der Waals surface area contributed by atoms with Crippen molar-refractivity contribution in [1.82, 2.24) is 0 Å². The minimum Gasteiger partial charge on any atom is -0.453 e. The van der Waals surface area contributed by atoms with Gasteiger partial charge in [-0.15, -0.1) is 0 Å². The molecular weight excluding hydrogens is 823 g/mol. The summed E-state index contributed by atoms with van der Waals surface area (Å²) in [7, 11) is 0. The highest BCUT2D eigenvalue weighted by Gasteiger charge is 2.25. The Morgan fingerprint density at radius 2 is 0.721 bits per heavy atom. The summed E-state index contributed by atoms with van der Waals surface area (Å²) in [6.07, 6.45) is 0. The van der Waals surface area contributed by atoms with Crippen LogP contribution in [0.1, 0.15) is 0 Å². The van der Waals surface area contributed by atoms with Crippen molar-refractivity contribution in [2.45, 2.75) is 0 Å². The summed E-state index contributed by atoms with van der Waals surface area (Å²) >= 11 is 0. The molecule has 13 aromatic rings. The number of hydrogen-bond donors (Lipinski definition) is 0. The number of benzene rings is 12. The van der Waals surface area contributed by atoms with E-state index in [2.05, 4.69) is 266 Å². The van der Waals surface area contributed by atoms with Crippen LogP contribution >= 0.6 is 0 Å². The number of para-hydroxylation sites is 1. The van der Waals surface area contributed by atoms with Gasteiger partial charge in [-0.05, 0) is 131 Å². The van der Waals surface area contributed by atoms with Crippen LogP contribution in [0.25, 0.3) is 110 Å². The SMILES string of the molecule is c1ccc(-c2ccc(N(c3ccc(-c4ccc5cc(-c6ccc7ccccc7c6)ccc5c4)cc3)c3cccc4c3oc3c(-c5ccccc5)cc5ccccc5c34)c(-c3ccccc3)c2)cc1. The minimum atomic E-state index is 0.837. The van der Waals surface area contributed by atoms with Crippen LogP contribution < -0.4 is 4.90 Å². The smallest absolute Gasteiger partial charge is 0.159 e. The predicted octanol–water partition coefficient (Wildman–Crippen LogP) is 18.9. The molecule has 0 saturated heterocycles. The summed E-state index contributed by atoms with van der Waals surface area (Å²) in [6.45, 7) is 0. The van der Waals surface area contributed by atoms with E-state index in [-0.39, 0.29) is 0 Å². The molecule has 1 aromatic heterocycles. The van der Waals surface area contributed by atoms with Crippen LogP contribution in [-0.2, 0) is 0 Å². The third-order valence-corrected chi connectivity index (χ3v) is 13.6. The van der Waals surface area contributed by atoms with Crippen molar-refractivity contribution in [1.29, 1.82) is 0 Å². The number of nitrogens with zero attached hydrogens (tertiary/aromatic N) is 1. The normalized spacial score (nSPS) is 11.5. The number of furan rings is 1. The van der Waals surface area contributed by atoms with Crippen LogP contribution in [0.5, 0.6) is 0 Å². The van der Waals surface area contributed by atoms with Gasteiger partial charge in [-0.1, -0.05) is 206 Å². The van der Waals surface area contributed by atoms with E-state index < -0.39 is 0 Å². The first-order chi connectivity index (χ1) is 33.7. The monoisotopic (exact) mass is 865 g/mol. The summed E-state index contributed by atoms with van der Waals surface area (Å²) in [5.41, 5.74) is 16.3. The summed E-state index contributed by atoms with van der Waals surface area (Å²) in [5, 5.41) is 9.49. The van der Waals surface area contributed by atoms with Gasteiger partial charge in [-0.25, -0.2) is 0 Å². The molecule has 0 amide bonds. The van der Waals surface area contributed by atoms with Crippen LogP contribution in [0.4, 0.5) is 17.1 Å². The molecule has 1 heterocycles. The van der Waals surface area contributed by atoms with Crippen LogP contribution in [0.15, 0.2) is 265 Å². The third-order valence-electron chi connectivity index (χ3n) is 13.6. The first-order valence-corrected chi connectivity index (χ1v) is 23.3. The van der Waals surface area contributed by atoms with Crippen molar-refractivity contribution in [3.63, 3.8) is 0 Å². The molecule has 0 fully saturated rings. The molecular formula is C66H43NO. The van der Waals surface area contributed by atoms with Gasteiger partial charge >= 0.3 is 0 Å². The molecule has 0 N–H and O–H groups in total. The molecule has 0 atom stereocenters. The van der Waals surface area contributed by atoms with E-state index in [1.54, 1.807) is 0 Å². The highest BCUT2D eigenvalue weighted by molar-refractivity contribution is 6.24. The van der Waals surface area contributed by atoms with E-state index >= 15 is 0 Å². The molecule has 0 saturated carbocycles. The predicted molar refractivity (Wildman–Crippen MR) is 288 cm³/mol. The Kier molecular flexibility index (Phi) is 9.54. The maximum Gasteiger partial charge on any atom is 0.159 e. The minimum absolute atomic E-state index is 0.837. The standard InChI is InChI=1S/C66H43NO/c1-4-15-44(16-5-1)55-35-38-62(60(42-55)47-18-6-2-7-19-47)67(63-26-14-25-59-64-58-24-13-12-23-56(58)43-61(66(64)68-65(59)63)48-20-8-3-9-21-48)57-36-33-46(34-37-57)50-29-30-53-41-54(32-31-52(53)40-50)51-28-27-45-17-10-11-22-49(45)39-51/h1-43H. The quantitative estimate of drug-likeness (QED) is 0.151. The van der Waals surface area contributed by atoms with Crippen LogP contribution in [0.3, 0.4) is 0 Å². The molecule has 2 nitrogen and oxygen atoms in total. The lowest BCUT2D eigenvalue weighted by atomic mass is 9.95. The Morgan fingerprint density at radius 3 is 1.40 bits per heavy atom. The molecule has 318 valence electrons. The van der Waals surface area contributed by atoms with Gasteiger partial charge in [0.05, 0.1) is 11.4 Å². The van der Waals surface area contributed by atoms with Crippen LogP contribution in [0.2, 0.25) is 0 Å². The molecule has 0 unspecified atom stereocenters. The first kappa shape index (κ1) is 39.4. The Bertz CT molecular complexity index is 4000. The molecule has 0 aliphatic carbocycles. The zero-order chi connectivity index (χ0) is 45.0. The van der Waals surface area contributed by atoms with Gasteiger partial charge in [0, 0.05) is 27.6 Å². The third kappa shape index (κ3) is 6.90. The summed E-state index contributed by atoms with van der Waals surface area (Å²) in [6, 6.07) is 94.3. The van der Waals surface area contributed by atoms with Gasteiger partial charge in [0.25, 0.3) is 0 Å². The van der Waals surface area contributed by atoms with E-state index in [1.807, 2.05) is 0 Å². The van der Waals surface area contributed by atoms with Crippen molar-refractivity contribution in [2.24, 2.45) is 0 Å². The molecule has 0 bridgehead atoms. The fourth-order valence-electron chi connectivity index (χ4n) is 10.2. The van der Waals surface area contributed by atoms with Gasteiger partial charge in [0.15, 0.2) is 5.58 Å². The van der Waals surface area contributed by atoms with Crippen molar-refractivity contribution in [3.8, 4) is 55.6 Å². The fourth-order valence-corrected chi connectivity index (χ4v) is 10.2. The van der Waals surface area contributed by atoms with Crippen molar-refractivity contribution in [3.05, 3.63) is 261 Å². The Balaban J connectivity index is 0.979. The van der Waals surface area contributed by atoms with Gasteiger partial charge in [-0.3, -0.25) is 0 Å². The zero-order valence-electron chi connectivity index (χ0n) is 37.2. The lowest BCUT2D eigenvalue weighted by Gasteiger charge is -2.28. The molecule has 0 radical (unpaired) electrons. The van der Waals surface area contributed by atoms with Gasteiger partial charge in [0.1, 0.15) is 5.58 Å². The molecule has 0 aliphatic heterocycles. The fraction of sp³-hybridized carbons (Fsp3) is 0. The number of hydrogen-bond acceptors (Lipinski definition) is 2. The second kappa shape index (κ2) is 16.5. The van der Waals surface area contributed by atoms with Crippen LogP contribution in [-0.4, -0.2) is 0 Å². The zero-order valence-corrected chi connectivity index (χ0v) is 37.2. The highest BCUT2D eigenvalue weighted by Crippen LogP contribution is 2.49. The highest BCUT2D eigenvalue weighted by atomic mass is 16.3. The molecule has 13 rings (SSSR count). The summed E-state index contributed by atoms with van der Waals surface area (Å²) < 4.78 is 7.29. The Hall–Kier alpha value is -8.98. The lowest BCUT2D eigenvalue weighted by Crippen LogP contribution is -2.11. The number of anilines is 3. The largest absolute Gasteiger partial charge is 0.453 e. The maximum absolute atomic E-state index is 7.29. The maximum atomic E-state index is 7.29. The molecule has 2 heteroatoms. The van der Waals surface area contributed by atoms with Crippen molar-refractivity contribution < 1.29 is 4.42 Å². The second-order valence-corrected chi connectivity index (χ2v) is 17.7. The van der Waals surface area contributed by atoms with Gasteiger partial charge in [0.2, 0.25) is 0 Å². The van der Waals surface area contributed by atoms with Gasteiger partial charge < -0.3 is 9.32 Å². The summed E-state index contributed by atoms with van der Waals surface area (Å²) in [4.78, 5) is 2.39. The average molecular weight is 866 g/mol. The Labute approximate surface area is 395 Å².